The number of piperidine rings is 1. The van der Waals surface area contributed by atoms with Gasteiger partial charge in [0.25, 0.3) is 21.9 Å². The summed E-state index contributed by atoms with van der Waals surface area (Å²) < 4.78 is 31.1. The second kappa shape index (κ2) is 7.44. The minimum absolute atomic E-state index is 0.0566. The molecule has 1 saturated heterocycles. The number of imide groups is 2. The molecule has 2 aliphatic rings. The van der Waals surface area contributed by atoms with Crippen molar-refractivity contribution in [2.45, 2.75) is 50.3 Å². The van der Waals surface area contributed by atoms with Crippen molar-refractivity contribution in [2.24, 2.45) is 0 Å². The Morgan fingerprint density at radius 3 is 2.50 bits per heavy atom. The van der Waals surface area contributed by atoms with E-state index < -0.39 is 45.0 Å². The summed E-state index contributed by atoms with van der Waals surface area (Å²) in [5.74, 6) is -2.24. The van der Waals surface area contributed by atoms with E-state index in [1.54, 1.807) is 12.1 Å². The first-order chi connectivity index (χ1) is 13.1. The molecule has 28 heavy (non-hydrogen) atoms. The minimum Gasteiger partial charge on any atom is -0.295 e. The number of hydrogen-bond acceptors (Lipinski definition) is 6. The first kappa shape index (κ1) is 20.2. The first-order valence-corrected chi connectivity index (χ1v) is 10.4. The van der Waals surface area contributed by atoms with Gasteiger partial charge < -0.3 is 0 Å². The molecule has 0 spiro atoms. The molecule has 1 aromatic carbocycles. The molecule has 2 unspecified atom stereocenters. The van der Waals surface area contributed by atoms with Crippen molar-refractivity contribution in [1.82, 2.24) is 10.2 Å². The van der Waals surface area contributed by atoms with Crippen molar-refractivity contribution < 1.29 is 32.1 Å². The van der Waals surface area contributed by atoms with Crippen LogP contribution in [0, 0.1) is 0 Å². The molecule has 4 amide bonds. The maximum atomic E-state index is 12.7. The predicted molar refractivity (Wildman–Crippen MR) is 97.1 cm³/mol. The zero-order valence-corrected chi connectivity index (χ0v) is 16.0. The Balaban J connectivity index is 1.73. The van der Waals surface area contributed by atoms with Crippen LogP contribution < -0.4 is 5.32 Å². The van der Waals surface area contributed by atoms with Gasteiger partial charge in [0, 0.05) is 6.42 Å². The summed E-state index contributed by atoms with van der Waals surface area (Å²) in [6.07, 6.45) is 1.34. The summed E-state index contributed by atoms with van der Waals surface area (Å²) in [7, 11) is -4.08. The van der Waals surface area contributed by atoms with E-state index in [9.17, 15) is 27.6 Å². The van der Waals surface area contributed by atoms with E-state index in [2.05, 4.69) is 5.32 Å². The van der Waals surface area contributed by atoms with Gasteiger partial charge in [0.2, 0.25) is 11.8 Å². The molecule has 0 aliphatic carbocycles. The van der Waals surface area contributed by atoms with E-state index in [4.69, 9.17) is 4.55 Å². The molecule has 3 rings (SSSR count). The molecule has 2 aliphatic heterocycles. The second-order valence-electron chi connectivity index (χ2n) is 7.04. The lowest BCUT2D eigenvalue weighted by atomic mass is 10.0. The highest BCUT2D eigenvalue weighted by Crippen LogP contribution is 2.28. The van der Waals surface area contributed by atoms with Crippen LogP contribution in [0.15, 0.2) is 18.2 Å². The summed E-state index contributed by atoms with van der Waals surface area (Å²) in [5.41, 5.74) is 1.13. The zero-order chi connectivity index (χ0) is 20.6. The van der Waals surface area contributed by atoms with Gasteiger partial charge in [0.15, 0.2) is 0 Å². The summed E-state index contributed by atoms with van der Waals surface area (Å²) in [5, 5.41) is 1.26. The Morgan fingerprint density at radius 2 is 1.86 bits per heavy atom. The molecule has 2 N–H and O–H groups in total. The van der Waals surface area contributed by atoms with Gasteiger partial charge in [0.05, 0.1) is 16.4 Å². The Morgan fingerprint density at radius 1 is 1.18 bits per heavy atom. The quantitative estimate of drug-likeness (QED) is 0.521. The molecule has 150 valence electrons. The summed E-state index contributed by atoms with van der Waals surface area (Å²) in [6, 6.07) is 3.75. The van der Waals surface area contributed by atoms with Crippen molar-refractivity contribution in [2.75, 3.05) is 0 Å². The Labute approximate surface area is 161 Å². The number of carbonyl (C=O) groups excluding carboxylic acids is 4. The van der Waals surface area contributed by atoms with Gasteiger partial charge in [-0.15, -0.1) is 0 Å². The molecule has 1 fully saturated rings. The van der Waals surface area contributed by atoms with Crippen LogP contribution in [0.5, 0.6) is 0 Å². The second-order valence-corrected chi connectivity index (χ2v) is 8.88. The molecule has 1 aromatic rings. The molecule has 9 nitrogen and oxygen atoms in total. The van der Waals surface area contributed by atoms with Gasteiger partial charge in [-0.25, -0.2) is 0 Å². The van der Waals surface area contributed by atoms with Gasteiger partial charge in [-0.2, -0.15) is 8.42 Å². The topological polar surface area (TPSA) is 138 Å². The lowest BCUT2D eigenvalue weighted by Crippen LogP contribution is -2.54. The fourth-order valence-corrected chi connectivity index (χ4v) is 3.88. The Kier molecular flexibility index (Phi) is 5.35. The molecular weight excluding hydrogens is 388 g/mol. The predicted octanol–water partition coefficient (Wildman–Crippen LogP) is 0.687. The molecule has 2 heterocycles. The number of amides is 4. The molecule has 0 aromatic heterocycles. The monoisotopic (exact) mass is 408 g/mol. The van der Waals surface area contributed by atoms with Crippen molar-refractivity contribution in [1.29, 1.82) is 0 Å². The number of fused-ring (bicyclic) bond motifs is 1. The van der Waals surface area contributed by atoms with Crippen LogP contribution in [0.4, 0.5) is 0 Å². The SMILES string of the molecule is CC(CCCc1ccc2c(c1)C(=O)N(C1CCC(=O)NC1=O)C2=O)S(=O)(=O)O. The van der Waals surface area contributed by atoms with Gasteiger partial charge in [-0.1, -0.05) is 6.07 Å². The van der Waals surface area contributed by atoms with Crippen LogP contribution in [0.2, 0.25) is 0 Å². The highest BCUT2D eigenvalue weighted by molar-refractivity contribution is 7.86. The molecular formula is C18H20N2O7S. The van der Waals surface area contributed by atoms with Crippen molar-refractivity contribution in [3.8, 4) is 0 Å². The van der Waals surface area contributed by atoms with Crippen molar-refractivity contribution in [3.05, 3.63) is 34.9 Å². The fraction of sp³-hybridized carbons (Fsp3) is 0.444. The maximum absolute atomic E-state index is 12.7. The standard InChI is InChI=1S/C18H20N2O7S/c1-10(28(25,26)27)3-2-4-11-5-6-12-13(9-11)18(24)20(17(12)23)14-7-8-15(21)19-16(14)22/h5-6,9-10,14H,2-4,7-8H2,1H3,(H,19,21,22)(H,25,26,27). The van der Waals surface area contributed by atoms with Crippen LogP contribution in [0.1, 0.15) is 58.9 Å². The van der Waals surface area contributed by atoms with Gasteiger partial charge in [0.1, 0.15) is 6.04 Å². The lowest BCUT2D eigenvalue weighted by molar-refractivity contribution is -0.136. The van der Waals surface area contributed by atoms with Gasteiger partial charge in [-0.3, -0.25) is 33.9 Å². The highest BCUT2D eigenvalue weighted by Gasteiger charge is 2.44. The van der Waals surface area contributed by atoms with Crippen molar-refractivity contribution >= 4 is 33.7 Å². The minimum atomic E-state index is -4.08. The Bertz CT molecular complexity index is 970. The van der Waals surface area contributed by atoms with Crippen molar-refractivity contribution in [3.63, 3.8) is 0 Å². The summed E-state index contributed by atoms with van der Waals surface area (Å²) in [4.78, 5) is 49.6. The van der Waals surface area contributed by atoms with E-state index in [-0.39, 0.29) is 30.4 Å². The van der Waals surface area contributed by atoms with Crippen LogP contribution in [-0.2, 0) is 26.1 Å². The van der Waals surface area contributed by atoms with Gasteiger partial charge >= 0.3 is 0 Å². The smallest absolute Gasteiger partial charge is 0.267 e. The number of nitrogens with one attached hydrogen (secondary N) is 1. The fourth-order valence-electron chi connectivity index (χ4n) is 3.42. The molecule has 10 heteroatoms. The molecule has 2 atom stereocenters. The average Bonchev–Trinajstić information content (AvgIpc) is 2.85. The number of nitrogens with zero attached hydrogens (tertiary/aromatic N) is 1. The normalized spacial score (nSPS) is 20.9. The number of benzene rings is 1. The summed E-state index contributed by atoms with van der Waals surface area (Å²) >= 11 is 0. The first-order valence-electron chi connectivity index (χ1n) is 8.90. The van der Waals surface area contributed by atoms with E-state index in [1.807, 2.05) is 0 Å². The molecule has 0 radical (unpaired) electrons. The lowest BCUT2D eigenvalue weighted by Gasteiger charge is -2.27. The zero-order valence-electron chi connectivity index (χ0n) is 15.2. The van der Waals surface area contributed by atoms with E-state index in [1.165, 1.54) is 13.0 Å². The third kappa shape index (κ3) is 3.83. The third-order valence-electron chi connectivity index (χ3n) is 5.09. The van der Waals surface area contributed by atoms with E-state index in [0.717, 1.165) is 10.5 Å². The van der Waals surface area contributed by atoms with Crippen LogP contribution in [-0.4, -0.2) is 52.8 Å². The van der Waals surface area contributed by atoms with Gasteiger partial charge in [-0.05, 0) is 50.3 Å². The largest absolute Gasteiger partial charge is 0.295 e. The molecule has 0 saturated carbocycles. The number of aryl methyl sites for hydroxylation is 1. The maximum Gasteiger partial charge on any atom is 0.267 e. The molecule has 0 bridgehead atoms. The summed E-state index contributed by atoms with van der Waals surface area (Å²) in [6.45, 7) is 1.41. The number of hydrogen-bond donors (Lipinski definition) is 2. The third-order valence-corrected chi connectivity index (χ3v) is 6.34. The number of rotatable bonds is 6. The van der Waals surface area contributed by atoms with Crippen LogP contribution in [0.3, 0.4) is 0 Å². The van der Waals surface area contributed by atoms with Crippen LogP contribution in [0.25, 0.3) is 0 Å². The van der Waals surface area contributed by atoms with E-state index in [0.29, 0.717) is 12.8 Å². The Hall–Kier alpha value is -2.59. The van der Waals surface area contributed by atoms with E-state index >= 15 is 0 Å². The number of carbonyl (C=O) groups is 4. The highest BCUT2D eigenvalue weighted by atomic mass is 32.2. The average molecular weight is 408 g/mol. The van der Waals surface area contributed by atoms with Crippen LogP contribution >= 0.6 is 0 Å².